The minimum atomic E-state index is 0.0426. The largest absolute Gasteiger partial charge is 0.392 e. The summed E-state index contributed by atoms with van der Waals surface area (Å²) in [6.07, 6.45) is 4.63. The lowest BCUT2D eigenvalue weighted by atomic mass is 9.85. The zero-order valence-electron chi connectivity index (χ0n) is 19.0. The molecule has 0 aliphatic rings. The van der Waals surface area contributed by atoms with Crippen molar-refractivity contribution in [1.82, 2.24) is 4.98 Å². The molecular weight excluding hydrogens is 342 g/mol. The molecule has 0 unspecified atom stereocenters. The Hall–Kier alpha value is -1.67. The SMILES string of the molecule is CCCCCc1c(C(C)C)nc(C(C)C)c(CO)c1-c1ccc(C(C)C)cc1. The lowest BCUT2D eigenvalue weighted by molar-refractivity contribution is 0.279. The number of aliphatic hydroxyl groups excluding tert-OH is 1. The van der Waals surface area contributed by atoms with Crippen LogP contribution in [-0.2, 0) is 13.0 Å². The number of pyridine rings is 1. The Morgan fingerprint density at radius 2 is 1.36 bits per heavy atom. The van der Waals surface area contributed by atoms with Crippen LogP contribution >= 0.6 is 0 Å². The molecule has 28 heavy (non-hydrogen) atoms. The minimum Gasteiger partial charge on any atom is -0.392 e. The van der Waals surface area contributed by atoms with Gasteiger partial charge in [-0.1, -0.05) is 85.6 Å². The third-order valence-electron chi connectivity index (χ3n) is 5.61. The van der Waals surface area contributed by atoms with Gasteiger partial charge in [0.1, 0.15) is 0 Å². The fourth-order valence-corrected chi connectivity index (χ4v) is 4.01. The summed E-state index contributed by atoms with van der Waals surface area (Å²) in [7, 11) is 0. The molecule has 2 nitrogen and oxygen atoms in total. The van der Waals surface area contributed by atoms with Crippen LogP contribution in [0.3, 0.4) is 0 Å². The number of hydrogen-bond acceptors (Lipinski definition) is 2. The van der Waals surface area contributed by atoms with Crippen molar-refractivity contribution < 1.29 is 5.11 Å². The van der Waals surface area contributed by atoms with Crippen LogP contribution in [0.2, 0.25) is 0 Å². The average Bonchev–Trinajstić information content (AvgIpc) is 2.66. The molecule has 2 rings (SSSR count). The first-order chi connectivity index (χ1) is 13.3. The zero-order chi connectivity index (χ0) is 20.8. The van der Waals surface area contributed by atoms with E-state index in [1.807, 2.05) is 0 Å². The molecule has 0 atom stereocenters. The Bertz CT molecular complexity index is 757. The lowest BCUT2D eigenvalue weighted by Gasteiger charge is -2.24. The molecule has 1 heterocycles. The molecule has 0 saturated heterocycles. The highest BCUT2D eigenvalue weighted by molar-refractivity contribution is 5.73. The van der Waals surface area contributed by atoms with Crippen LogP contribution < -0.4 is 0 Å². The Kier molecular flexibility index (Phi) is 8.24. The number of rotatable bonds is 9. The van der Waals surface area contributed by atoms with Gasteiger partial charge in [-0.2, -0.15) is 0 Å². The van der Waals surface area contributed by atoms with Crippen LogP contribution in [0, 0.1) is 0 Å². The topological polar surface area (TPSA) is 33.1 Å². The minimum absolute atomic E-state index is 0.0426. The van der Waals surface area contributed by atoms with Crippen molar-refractivity contribution in [1.29, 1.82) is 0 Å². The van der Waals surface area contributed by atoms with Gasteiger partial charge in [0.05, 0.1) is 6.61 Å². The molecule has 0 radical (unpaired) electrons. The van der Waals surface area contributed by atoms with E-state index in [0.29, 0.717) is 11.8 Å². The Morgan fingerprint density at radius 1 is 0.786 bits per heavy atom. The van der Waals surface area contributed by atoms with Gasteiger partial charge < -0.3 is 5.11 Å². The summed E-state index contributed by atoms with van der Waals surface area (Å²) in [4.78, 5) is 5.09. The van der Waals surface area contributed by atoms with Crippen LogP contribution in [0.5, 0.6) is 0 Å². The molecular formula is C26H39NO. The van der Waals surface area contributed by atoms with Gasteiger partial charge in [0.2, 0.25) is 0 Å². The van der Waals surface area contributed by atoms with Crippen LogP contribution in [0.15, 0.2) is 24.3 Å². The quantitative estimate of drug-likeness (QED) is 0.461. The number of unbranched alkanes of at least 4 members (excludes halogenated alkanes) is 2. The zero-order valence-corrected chi connectivity index (χ0v) is 19.0. The van der Waals surface area contributed by atoms with Crippen molar-refractivity contribution in [3.05, 3.63) is 52.3 Å². The van der Waals surface area contributed by atoms with E-state index in [-0.39, 0.29) is 12.5 Å². The highest BCUT2D eigenvalue weighted by Crippen LogP contribution is 2.37. The van der Waals surface area contributed by atoms with Crippen molar-refractivity contribution in [2.45, 2.75) is 98.5 Å². The highest BCUT2D eigenvalue weighted by atomic mass is 16.3. The van der Waals surface area contributed by atoms with Gasteiger partial charge in [-0.3, -0.25) is 4.98 Å². The smallest absolute Gasteiger partial charge is 0.0705 e. The second-order valence-corrected chi connectivity index (χ2v) is 8.92. The van der Waals surface area contributed by atoms with E-state index in [0.717, 1.165) is 17.7 Å². The van der Waals surface area contributed by atoms with Gasteiger partial charge in [0.15, 0.2) is 0 Å². The van der Waals surface area contributed by atoms with Gasteiger partial charge in [-0.25, -0.2) is 0 Å². The van der Waals surface area contributed by atoms with Crippen LogP contribution in [0.25, 0.3) is 11.1 Å². The predicted molar refractivity (Wildman–Crippen MR) is 121 cm³/mol. The molecule has 0 saturated carbocycles. The molecule has 0 bridgehead atoms. The Morgan fingerprint density at radius 3 is 1.82 bits per heavy atom. The first kappa shape index (κ1) is 22.6. The summed E-state index contributed by atoms with van der Waals surface area (Å²) in [5.41, 5.74) is 8.41. The van der Waals surface area contributed by atoms with Gasteiger partial charge in [-0.15, -0.1) is 0 Å². The molecule has 0 aliphatic carbocycles. The number of benzene rings is 1. The maximum absolute atomic E-state index is 10.3. The number of aliphatic hydroxyl groups is 1. The van der Waals surface area contributed by atoms with E-state index < -0.39 is 0 Å². The van der Waals surface area contributed by atoms with Crippen LogP contribution in [-0.4, -0.2) is 10.1 Å². The summed E-state index contributed by atoms with van der Waals surface area (Å²) in [6.45, 7) is 15.6. The summed E-state index contributed by atoms with van der Waals surface area (Å²) < 4.78 is 0. The van der Waals surface area contributed by atoms with Crippen LogP contribution in [0.1, 0.15) is 114 Å². The summed E-state index contributed by atoms with van der Waals surface area (Å²) in [5, 5.41) is 10.3. The van der Waals surface area contributed by atoms with Crippen molar-refractivity contribution >= 4 is 0 Å². The fourth-order valence-electron chi connectivity index (χ4n) is 4.01. The third kappa shape index (κ3) is 5.03. The number of nitrogens with zero attached hydrogens (tertiary/aromatic N) is 1. The second kappa shape index (κ2) is 10.2. The molecule has 154 valence electrons. The molecule has 0 aliphatic heterocycles. The molecule has 2 aromatic rings. The van der Waals surface area contributed by atoms with Crippen molar-refractivity contribution in [3.8, 4) is 11.1 Å². The standard InChI is InChI=1S/C26H39NO/c1-8-9-10-11-22-24(21-14-12-20(13-15-21)17(2)3)23(16-28)26(19(6)7)27-25(22)18(4)5/h12-15,17-19,28H,8-11,16H2,1-7H3. The van der Waals surface area contributed by atoms with Crippen molar-refractivity contribution in [2.24, 2.45) is 0 Å². The third-order valence-corrected chi connectivity index (χ3v) is 5.61. The molecule has 1 N–H and O–H groups in total. The highest BCUT2D eigenvalue weighted by Gasteiger charge is 2.23. The molecule has 0 spiro atoms. The predicted octanol–water partition coefficient (Wildman–Crippen LogP) is 7.34. The molecule has 1 aromatic heterocycles. The second-order valence-electron chi connectivity index (χ2n) is 8.92. The van der Waals surface area contributed by atoms with Gasteiger partial charge in [0, 0.05) is 17.0 Å². The first-order valence-electron chi connectivity index (χ1n) is 11.1. The van der Waals surface area contributed by atoms with E-state index in [2.05, 4.69) is 72.7 Å². The van der Waals surface area contributed by atoms with E-state index in [4.69, 9.17) is 4.98 Å². The van der Waals surface area contributed by atoms with E-state index in [9.17, 15) is 5.11 Å². The summed E-state index contributed by atoms with van der Waals surface area (Å²) in [6, 6.07) is 8.95. The van der Waals surface area contributed by atoms with Crippen LogP contribution in [0.4, 0.5) is 0 Å². The Balaban J connectivity index is 2.75. The molecule has 0 amide bonds. The fraction of sp³-hybridized carbons (Fsp3) is 0.577. The van der Waals surface area contributed by atoms with Gasteiger partial charge in [0.25, 0.3) is 0 Å². The van der Waals surface area contributed by atoms with Crippen molar-refractivity contribution in [3.63, 3.8) is 0 Å². The lowest BCUT2D eigenvalue weighted by Crippen LogP contribution is -2.12. The monoisotopic (exact) mass is 381 g/mol. The van der Waals surface area contributed by atoms with E-state index in [1.54, 1.807) is 0 Å². The number of aromatic nitrogens is 1. The number of hydrogen-bond donors (Lipinski definition) is 1. The first-order valence-corrected chi connectivity index (χ1v) is 11.1. The molecule has 1 aromatic carbocycles. The van der Waals surface area contributed by atoms with Gasteiger partial charge >= 0.3 is 0 Å². The maximum Gasteiger partial charge on any atom is 0.0705 e. The Labute approximate surface area is 172 Å². The maximum atomic E-state index is 10.3. The molecule has 0 fully saturated rings. The average molecular weight is 382 g/mol. The van der Waals surface area contributed by atoms with E-state index >= 15 is 0 Å². The van der Waals surface area contributed by atoms with E-state index in [1.165, 1.54) is 47.2 Å². The summed E-state index contributed by atoms with van der Waals surface area (Å²) >= 11 is 0. The molecule has 2 heteroatoms. The van der Waals surface area contributed by atoms with Crippen molar-refractivity contribution in [2.75, 3.05) is 0 Å². The summed E-state index contributed by atoms with van der Waals surface area (Å²) in [5.74, 6) is 1.18. The normalized spacial score (nSPS) is 11.8. The van der Waals surface area contributed by atoms with Gasteiger partial charge in [-0.05, 0) is 52.8 Å².